The molecule has 0 spiro atoms. The van der Waals surface area contributed by atoms with Crippen LogP contribution in [0.2, 0.25) is 0 Å². The van der Waals surface area contributed by atoms with Crippen molar-refractivity contribution < 1.29 is 19.0 Å². The van der Waals surface area contributed by atoms with E-state index in [2.05, 4.69) is 0 Å². The Labute approximate surface area is 121 Å². The molecule has 4 nitrogen and oxygen atoms in total. The van der Waals surface area contributed by atoms with Crippen molar-refractivity contribution in [1.82, 2.24) is 0 Å². The predicted octanol–water partition coefficient (Wildman–Crippen LogP) is 3.13. The Balaban J connectivity index is 1.85. The molecule has 0 aliphatic carbocycles. The van der Waals surface area contributed by atoms with Crippen LogP contribution in [0.25, 0.3) is 11.6 Å². The normalized spacial score (nSPS) is 17.5. The molecule has 0 N–H and O–H groups in total. The summed E-state index contributed by atoms with van der Waals surface area (Å²) < 4.78 is 16.0. The SMILES string of the molecule is O=C1OC/C(=C\c2ccccc2)c2cc3c(cc21)OCO3. The quantitative estimate of drug-likeness (QED) is 0.753. The minimum absolute atomic E-state index is 0.186. The van der Waals surface area contributed by atoms with E-state index in [9.17, 15) is 4.79 Å². The van der Waals surface area contributed by atoms with Crippen LogP contribution in [0, 0.1) is 0 Å². The van der Waals surface area contributed by atoms with Gasteiger partial charge in [-0.3, -0.25) is 0 Å². The van der Waals surface area contributed by atoms with E-state index in [0.29, 0.717) is 17.1 Å². The van der Waals surface area contributed by atoms with E-state index in [4.69, 9.17) is 14.2 Å². The fourth-order valence-corrected chi connectivity index (χ4v) is 2.55. The first-order valence-corrected chi connectivity index (χ1v) is 6.68. The number of hydrogen-bond acceptors (Lipinski definition) is 4. The average molecular weight is 280 g/mol. The van der Waals surface area contributed by atoms with Crippen LogP contribution in [-0.2, 0) is 4.74 Å². The zero-order chi connectivity index (χ0) is 14.2. The largest absolute Gasteiger partial charge is 0.457 e. The molecule has 0 unspecified atom stereocenters. The lowest BCUT2D eigenvalue weighted by Gasteiger charge is -2.19. The molecule has 0 bridgehead atoms. The molecule has 0 atom stereocenters. The van der Waals surface area contributed by atoms with Crippen LogP contribution in [0.15, 0.2) is 42.5 Å². The van der Waals surface area contributed by atoms with Crippen molar-refractivity contribution in [3.63, 3.8) is 0 Å². The second kappa shape index (κ2) is 4.66. The van der Waals surface area contributed by atoms with Crippen LogP contribution in [-0.4, -0.2) is 19.4 Å². The highest BCUT2D eigenvalue weighted by atomic mass is 16.7. The Morgan fingerprint density at radius 2 is 1.62 bits per heavy atom. The second-order valence-corrected chi connectivity index (χ2v) is 4.91. The number of carbonyl (C=O) groups excluding carboxylic acids is 1. The number of hydrogen-bond donors (Lipinski definition) is 0. The molecule has 0 radical (unpaired) electrons. The lowest BCUT2D eigenvalue weighted by molar-refractivity contribution is 0.0543. The molecule has 104 valence electrons. The first kappa shape index (κ1) is 12.0. The lowest BCUT2D eigenvalue weighted by Crippen LogP contribution is -2.16. The van der Waals surface area contributed by atoms with Crippen molar-refractivity contribution in [2.24, 2.45) is 0 Å². The van der Waals surface area contributed by atoms with E-state index in [1.807, 2.05) is 42.5 Å². The molecule has 2 aromatic rings. The standard InChI is InChI=1S/C17H12O4/c18-17-14-8-16-15(20-10-21-16)7-13(14)12(9-19-17)6-11-4-2-1-3-5-11/h1-8H,9-10H2/b12-6+. The summed E-state index contributed by atoms with van der Waals surface area (Å²) in [5.41, 5.74) is 3.38. The third kappa shape index (κ3) is 2.05. The minimum Gasteiger partial charge on any atom is -0.457 e. The van der Waals surface area contributed by atoms with Gasteiger partial charge < -0.3 is 14.2 Å². The summed E-state index contributed by atoms with van der Waals surface area (Å²) in [7, 11) is 0. The summed E-state index contributed by atoms with van der Waals surface area (Å²) >= 11 is 0. The molecule has 0 saturated heterocycles. The van der Waals surface area contributed by atoms with Crippen molar-refractivity contribution in [2.45, 2.75) is 0 Å². The van der Waals surface area contributed by atoms with Crippen molar-refractivity contribution in [1.29, 1.82) is 0 Å². The molecule has 2 heterocycles. The Hall–Kier alpha value is -2.75. The number of cyclic esters (lactones) is 1. The highest BCUT2D eigenvalue weighted by Crippen LogP contribution is 2.39. The van der Waals surface area contributed by atoms with Gasteiger partial charge in [-0.05, 0) is 34.9 Å². The topological polar surface area (TPSA) is 44.8 Å². The summed E-state index contributed by atoms with van der Waals surface area (Å²) in [4.78, 5) is 11.9. The number of rotatable bonds is 1. The van der Waals surface area contributed by atoms with E-state index in [-0.39, 0.29) is 19.4 Å². The third-order valence-corrected chi connectivity index (χ3v) is 3.58. The summed E-state index contributed by atoms with van der Waals surface area (Å²) in [5.74, 6) is 0.933. The van der Waals surface area contributed by atoms with Gasteiger partial charge in [-0.2, -0.15) is 0 Å². The van der Waals surface area contributed by atoms with Crippen LogP contribution >= 0.6 is 0 Å². The van der Waals surface area contributed by atoms with Gasteiger partial charge in [0.2, 0.25) is 6.79 Å². The van der Waals surface area contributed by atoms with Gasteiger partial charge in [0.05, 0.1) is 5.56 Å². The third-order valence-electron chi connectivity index (χ3n) is 3.58. The zero-order valence-electron chi connectivity index (χ0n) is 11.2. The van der Waals surface area contributed by atoms with Crippen molar-refractivity contribution in [2.75, 3.05) is 13.4 Å². The monoisotopic (exact) mass is 280 g/mol. The van der Waals surface area contributed by atoms with Gasteiger partial charge in [0.1, 0.15) is 6.61 Å². The van der Waals surface area contributed by atoms with Gasteiger partial charge in [0, 0.05) is 0 Å². The maximum atomic E-state index is 11.9. The number of esters is 1. The maximum absolute atomic E-state index is 11.9. The summed E-state index contributed by atoms with van der Waals surface area (Å²) in [6.07, 6.45) is 2.02. The highest BCUT2D eigenvalue weighted by Gasteiger charge is 2.27. The number of benzene rings is 2. The zero-order valence-corrected chi connectivity index (χ0v) is 11.2. The highest BCUT2D eigenvalue weighted by molar-refractivity contribution is 6.02. The number of ether oxygens (including phenoxy) is 3. The van der Waals surface area contributed by atoms with Gasteiger partial charge >= 0.3 is 5.97 Å². The summed E-state index contributed by atoms with van der Waals surface area (Å²) in [6, 6.07) is 13.5. The Morgan fingerprint density at radius 3 is 2.38 bits per heavy atom. The second-order valence-electron chi connectivity index (χ2n) is 4.91. The van der Waals surface area contributed by atoms with Crippen molar-refractivity contribution >= 4 is 17.6 Å². The molecule has 0 amide bonds. The molecule has 0 fully saturated rings. The van der Waals surface area contributed by atoms with E-state index in [0.717, 1.165) is 16.7 Å². The smallest absolute Gasteiger partial charge is 0.339 e. The van der Waals surface area contributed by atoms with Crippen LogP contribution in [0.4, 0.5) is 0 Å². The van der Waals surface area contributed by atoms with Gasteiger partial charge in [0.25, 0.3) is 0 Å². The van der Waals surface area contributed by atoms with Gasteiger partial charge in [-0.1, -0.05) is 30.3 Å². The van der Waals surface area contributed by atoms with Gasteiger partial charge in [-0.25, -0.2) is 4.79 Å². The molecule has 2 aliphatic rings. The van der Waals surface area contributed by atoms with Crippen LogP contribution in [0.5, 0.6) is 11.5 Å². The first-order valence-electron chi connectivity index (χ1n) is 6.68. The molecule has 0 saturated carbocycles. The fourth-order valence-electron chi connectivity index (χ4n) is 2.55. The Morgan fingerprint density at radius 1 is 0.905 bits per heavy atom. The molecular weight excluding hydrogens is 268 g/mol. The molecule has 0 aromatic heterocycles. The summed E-state index contributed by atoms with van der Waals surface area (Å²) in [5, 5.41) is 0. The van der Waals surface area contributed by atoms with Gasteiger partial charge in [0.15, 0.2) is 11.5 Å². The first-order chi connectivity index (χ1) is 10.3. The van der Waals surface area contributed by atoms with E-state index >= 15 is 0 Å². The van der Waals surface area contributed by atoms with Crippen molar-refractivity contribution in [3.8, 4) is 11.5 Å². The molecule has 21 heavy (non-hydrogen) atoms. The lowest BCUT2D eigenvalue weighted by atomic mass is 9.95. The number of carbonyl (C=O) groups is 1. The summed E-state index contributed by atoms with van der Waals surface area (Å²) in [6.45, 7) is 0.450. The molecular formula is C17H12O4. The van der Waals surface area contributed by atoms with E-state index in [1.165, 1.54) is 0 Å². The number of fused-ring (bicyclic) bond motifs is 2. The molecule has 4 heteroatoms. The predicted molar refractivity (Wildman–Crippen MR) is 77.2 cm³/mol. The minimum atomic E-state index is -0.325. The van der Waals surface area contributed by atoms with Gasteiger partial charge in [-0.15, -0.1) is 0 Å². The van der Waals surface area contributed by atoms with Crippen molar-refractivity contribution in [3.05, 3.63) is 59.2 Å². The van der Waals surface area contributed by atoms with E-state index < -0.39 is 0 Å². The Kier molecular flexibility index (Phi) is 2.67. The van der Waals surface area contributed by atoms with E-state index in [1.54, 1.807) is 6.07 Å². The molecule has 2 aromatic carbocycles. The fraction of sp³-hybridized carbons (Fsp3) is 0.118. The average Bonchev–Trinajstić information content (AvgIpc) is 2.97. The Bertz CT molecular complexity index is 747. The molecule has 4 rings (SSSR count). The maximum Gasteiger partial charge on any atom is 0.339 e. The van der Waals surface area contributed by atoms with Crippen LogP contribution in [0.1, 0.15) is 21.5 Å². The van der Waals surface area contributed by atoms with Crippen LogP contribution < -0.4 is 9.47 Å². The molecule has 2 aliphatic heterocycles. The van der Waals surface area contributed by atoms with Crippen LogP contribution in [0.3, 0.4) is 0 Å².